The van der Waals surface area contributed by atoms with Gasteiger partial charge >= 0.3 is 0 Å². The van der Waals surface area contributed by atoms with Crippen LogP contribution in [0, 0.1) is 17.3 Å². The standard InChI is InChI=1S/C11H16O/c1-11(2)7-3-4-8(9(11)5-7)10-6-12-10/h4,7,9-10H,3,5-6H2,1-2H3/t7?,9?,10-/m1/s1. The number of hydrogen-bond donors (Lipinski definition) is 0. The first kappa shape index (κ1) is 7.14. The summed E-state index contributed by atoms with van der Waals surface area (Å²) in [6.45, 7) is 5.82. The van der Waals surface area contributed by atoms with Crippen LogP contribution in [0.1, 0.15) is 26.7 Å². The SMILES string of the molecule is CC1(C)C2CC=C([C@H]3CO3)C1C2. The van der Waals surface area contributed by atoms with Crippen molar-refractivity contribution in [1.82, 2.24) is 0 Å². The van der Waals surface area contributed by atoms with Gasteiger partial charge in [-0.3, -0.25) is 0 Å². The Balaban J connectivity index is 1.91. The van der Waals surface area contributed by atoms with Crippen LogP contribution >= 0.6 is 0 Å². The van der Waals surface area contributed by atoms with Gasteiger partial charge in [-0.2, -0.15) is 0 Å². The van der Waals surface area contributed by atoms with Crippen molar-refractivity contribution >= 4 is 0 Å². The van der Waals surface area contributed by atoms with Gasteiger partial charge in [-0.05, 0) is 35.7 Å². The van der Waals surface area contributed by atoms with Gasteiger partial charge in [-0.1, -0.05) is 19.9 Å². The van der Waals surface area contributed by atoms with Gasteiger partial charge in [0.2, 0.25) is 0 Å². The average molecular weight is 164 g/mol. The lowest BCUT2D eigenvalue weighted by Crippen LogP contribution is -2.48. The molecule has 2 fully saturated rings. The number of allylic oxidation sites excluding steroid dienone is 1. The van der Waals surface area contributed by atoms with E-state index in [0.717, 1.165) is 18.4 Å². The minimum Gasteiger partial charge on any atom is -0.368 e. The molecule has 1 saturated heterocycles. The van der Waals surface area contributed by atoms with Crippen molar-refractivity contribution < 1.29 is 4.74 Å². The third-order valence-corrected chi connectivity index (χ3v) is 4.22. The molecular weight excluding hydrogens is 148 g/mol. The molecule has 1 heteroatoms. The van der Waals surface area contributed by atoms with E-state index in [-0.39, 0.29) is 0 Å². The number of ether oxygens (including phenoxy) is 1. The molecule has 2 bridgehead atoms. The molecule has 0 spiro atoms. The zero-order valence-electron chi connectivity index (χ0n) is 7.84. The molecular formula is C11H16O. The summed E-state index contributed by atoms with van der Waals surface area (Å²) in [6, 6.07) is 0. The molecule has 0 amide bonds. The maximum absolute atomic E-state index is 5.37. The molecule has 1 heterocycles. The van der Waals surface area contributed by atoms with Crippen molar-refractivity contribution in [3.05, 3.63) is 11.6 Å². The maximum Gasteiger partial charge on any atom is 0.102 e. The summed E-state index contributed by atoms with van der Waals surface area (Å²) in [5.41, 5.74) is 2.21. The lowest BCUT2D eigenvalue weighted by molar-refractivity contribution is -0.00988. The Labute approximate surface area is 73.8 Å². The molecule has 2 unspecified atom stereocenters. The topological polar surface area (TPSA) is 12.5 Å². The molecule has 12 heavy (non-hydrogen) atoms. The summed E-state index contributed by atoms with van der Waals surface area (Å²) >= 11 is 0. The van der Waals surface area contributed by atoms with Gasteiger partial charge in [0, 0.05) is 0 Å². The molecule has 0 aromatic carbocycles. The van der Waals surface area contributed by atoms with E-state index in [1.807, 2.05) is 0 Å². The molecule has 0 aromatic rings. The van der Waals surface area contributed by atoms with Crippen LogP contribution < -0.4 is 0 Å². The van der Waals surface area contributed by atoms with Crippen molar-refractivity contribution in [3.63, 3.8) is 0 Å². The van der Waals surface area contributed by atoms with Crippen molar-refractivity contribution in [1.29, 1.82) is 0 Å². The van der Waals surface area contributed by atoms with Gasteiger partial charge in [0.15, 0.2) is 0 Å². The first-order valence-electron chi connectivity index (χ1n) is 5.01. The smallest absolute Gasteiger partial charge is 0.102 e. The zero-order valence-corrected chi connectivity index (χ0v) is 7.84. The molecule has 3 atom stereocenters. The highest BCUT2D eigenvalue weighted by Gasteiger charge is 2.54. The summed E-state index contributed by atoms with van der Waals surface area (Å²) in [5, 5.41) is 0. The molecule has 4 aliphatic rings. The van der Waals surface area contributed by atoms with E-state index < -0.39 is 0 Å². The third kappa shape index (κ3) is 0.731. The van der Waals surface area contributed by atoms with Crippen LogP contribution in [-0.2, 0) is 4.74 Å². The molecule has 1 aliphatic heterocycles. The van der Waals surface area contributed by atoms with Crippen LogP contribution in [0.3, 0.4) is 0 Å². The number of fused-ring (bicyclic) bond motifs is 1. The van der Waals surface area contributed by atoms with Crippen molar-refractivity contribution in [3.8, 4) is 0 Å². The van der Waals surface area contributed by atoms with Gasteiger partial charge in [0.25, 0.3) is 0 Å². The highest BCUT2D eigenvalue weighted by molar-refractivity contribution is 5.28. The van der Waals surface area contributed by atoms with Crippen LogP contribution in [0.15, 0.2) is 11.6 Å². The second-order valence-electron chi connectivity index (χ2n) is 5.07. The molecule has 1 nitrogen and oxygen atoms in total. The van der Waals surface area contributed by atoms with Crippen molar-refractivity contribution in [2.45, 2.75) is 32.8 Å². The average Bonchev–Trinajstić information content (AvgIpc) is 2.86. The van der Waals surface area contributed by atoms with Crippen LogP contribution in [0.5, 0.6) is 0 Å². The summed E-state index contributed by atoms with van der Waals surface area (Å²) < 4.78 is 5.37. The fourth-order valence-corrected chi connectivity index (χ4v) is 3.00. The van der Waals surface area contributed by atoms with Crippen LogP contribution in [0.2, 0.25) is 0 Å². The van der Waals surface area contributed by atoms with Crippen molar-refractivity contribution in [2.24, 2.45) is 17.3 Å². The Hall–Kier alpha value is -0.300. The second-order valence-corrected chi connectivity index (χ2v) is 5.07. The molecule has 1 saturated carbocycles. The Morgan fingerprint density at radius 3 is 2.75 bits per heavy atom. The normalized spacial score (nSPS) is 47.8. The highest BCUT2D eigenvalue weighted by Crippen LogP contribution is 2.60. The van der Waals surface area contributed by atoms with Gasteiger partial charge in [-0.15, -0.1) is 0 Å². The van der Waals surface area contributed by atoms with E-state index >= 15 is 0 Å². The monoisotopic (exact) mass is 164 g/mol. The zero-order chi connectivity index (χ0) is 8.34. The van der Waals surface area contributed by atoms with Gasteiger partial charge < -0.3 is 4.74 Å². The Morgan fingerprint density at radius 2 is 2.25 bits per heavy atom. The van der Waals surface area contributed by atoms with Gasteiger partial charge in [0.1, 0.15) is 6.10 Å². The van der Waals surface area contributed by atoms with Crippen LogP contribution in [0.25, 0.3) is 0 Å². The van der Waals surface area contributed by atoms with E-state index in [1.165, 1.54) is 12.8 Å². The fourth-order valence-electron chi connectivity index (χ4n) is 3.00. The minimum atomic E-state index is 0.524. The summed E-state index contributed by atoms with van der Waals surface area (Å²) in [6.07, 6.45) is 5.70. The molecule has 0 aromatic heterocycles. The van der Waals surface area contributed by atoms with Gasteiger partial charge in [0.05, 0.1) is 6.61 Å². The Morgan fingerprint density at radius 1 is 1.50 bits per heavy atom. The van der Waals surface area contributed by atoms with Crippen molar-refractivity contribution in [2.75, 3.05) is 6.61 Å². The number of epoxide rings is 1. The lowest BCUT2D eigenvalue weighted by atomic mass is 9.48. The minimum absolute atomic E-state index is 0.524. The van der Waals surface area contributed by atoms with E-state index in [1.54, 1.807) is 5.57 Å². The largest absolute Gasteiger partial charge is 0.368 e. The second kappa shape index (κ2) is 1.95. The summed E-state index contributed by atoms with van der Waals surface area (Å²) in [5.74, 6) is 1.81. The predicted molar refractivity (Wildman–Crippen MR) is 47.8 cm³/mol. The molecule has 4 rings (SSSR count). The quantitative estimate of drug-likeness (QED) is 0.428. The third-order valence-electron chi connectivity index (χ3n) is 4.22. The predicted octanol–water partition coefficient (Wildman–Crippen LogP) is 2.38. The fraction of sp³-hybridized carbons (Fsp3) is 0.818. The maximum atomic E-state index is 5.37. The van der Waals surface area contributed by atoms with E-state index in [2.05, 4.69) is 19.9 Å². The highest BCUT2D eigenvalue weighted by atomic mass is 16.6. The molecule has 0 radical (unpaired) electrons. The molecule has 0 N–H and O–H groups in total. The Kier molecular flexibility index (Phi) is 1.16. The van der Waals surface area contributed by atoms with E-state index in [0.29, 0.717) is 11.5 Å². The molecule has 66 valence electrons. The summed E-state index contributed by atoms with van der Waals surface area (Å²) in [4.78, 5) is 0. The molecule has 3 aliphatic carbocycles. The van der Waals surface area contributed by atoms with E-state index in [4.69, 9.17) is 4.74 Å². The first-order valence-corrected chi connectivity index (χ1v) is 5.01. The lowest BCUT2D eigenvalue weighted by Gasteiger charge is -2.56. The Bertz CT molecular complexity index is 248. The first-order chi connectivity index (χ1) is 5.69. The van der Waals surface area contributed by atoms with E-state index in [9.17, 15) is 0 Å². The van der Waals surface area contributed by atoms with Gasteiger partial charge in [-0.25, -0.2) is 0 Å². The number of rotatable bonds is 1. The van der Waals surface area contributed by atoms with Crippen LogP contribution in [0.4, 0.5) is 0 Å². The number of hydrogen-bond acceptors (Lipinski definition) is 1. The van der Waals surface area contributed by atoms with Crippen LogP contribution in [-0.4, -0.2) is 12.7 Å². The summed E-state index contributed by atoms with van der Waals surface area (Å²) in [7, 11) is 0.